The van der Waals surface area contributed by atoms with Crippen molar-refractivity contribution in [3.05, 3.63) is 58.1 Å². The number of nitro groups is 1. The minimum absolute atomic E-state index is 0.0351. The van der Waals surface area contributed by atoms with Crippen LogP contribution in [0.4, 0.5) is 5.69 Å². The van der Waals surface area contributed by atoms with Crippen molar-refractivity contribution >= 4 is 12.0 Å². The van der Waals surface area contributed by atoms with Gasteiger partial charge in [0.25, 0.3) is 5.69 Å². The third-order valence-corrected chi connectivity index (χ3v) is 2.73. The van der Waals surface area contributed by atoms with Gasteiger partial charge in [-0.25, -0.2) is 0 Å². The number of hydrogen-bond donors (Lipinski definition) is 0. The highest BCUT2D eigenvalue weighted by Crippen LogP contribution is 2.33. The lowest BCUT2D eigenvalue weighted by Crippen LogP contribution is -1.93. The molecule has 0 bridgehead atoms. The van der Waals surface area contributed by atoms with Crippen molar-refractivity contribution in [3.63, 3.8) is 0 Å². The number of carbonyl (C=O) groups is 1. The number of methoxy groups -OCH3 is 1. The van der Waals surface area contributed by atoms with Crippen LogP contribution in [0.1, 0.15) is 10.4 Å². The highest BCUT2D eigenvalue weighted by molar-refractivity contribution is 5.80. The monoisotopic (exact) mass is 257 g/mol. The molecule has 19 heavy (non-hydrogen) atoms. The number of hydrogen-bond acceptors (Lipinski definition) is 4. The van der Waals surface area contributed by atoms with Crippen LogP contribution < -0.4 is 4.74 Å². The van der Waals surface area contributed by atoms with E-state index < -0.39 is 4.92 Å². The summed E-state index contributed by atoms with van der Waals surface area (Å²) in [5.41, 5.74) is 1.98. The van der Waals surface area contributed by atoms with E-state index in [0.29, 0.717) is 16.9 Å². The normalized spacial score (nSPS) is 9.95. The van der Waals surface area contributed by atoms with Crippen molar-refractivity contribution in [1.29, 1.82) is 0 Å². The molecule has 0 N–H and O–H groups in total. The molecular formula is C14H11NO4. The molecule has 0 spiro atoms. The molecule has 0 aliphatic heterocycles. The van der Waals surface area contributed by atoms with E-state index in [1.807, 2.05) is 6.07 Å². The number of nitrogens with zero attached hydrogens (tertiary/aromatic N) is 1. The van der Waals surface area contributed by atoms with Crippen molar-refractivity contribution in [3.8, 4) is 16.9 Å². The molecule has 0 saturated heterocycles. The highest BCUT2D eigenvalue weighted by Gasteiger charge is 2.12. The maximum Gasteiger partial charge on any atom is 0.273 e. The molecule has 0 amide bonds. The number of non-ortho nitro benzene ring substituents is 1. The van der Waals surface area contributed by atoms with Crippen LogP contribution in [-0.2, 0) is 0 Å². The van der Waals surface area contributed by atoms with E-state index in [9.17, 15) is 14.9 Å². The van der Waals surface area contributed by atoms with Crippen LogP contribution in [0.15, 0.2) is 42.5 Å². The predicted octanol–water partition coefficient (Wildman–Crippen LogP) is 3.08. The molecular weight excluding hydrogens is 246 g/mol. The molecule has 0 aliphatic rings. The second-order valence-corrected chi connectivity index (χ2v) is 3.89. The lowest BCUT2D eigenvalue weighted by atomic mass is 10.0. The first-order valence-electron chi connectivity index (χ1n) is 5.53. The molecule has 2 aromatic rings. The molecule has 0 atom stereocenters. The average Bonchev–Trinajstić information content (AvgIpc) is 2.46. The van der Waals surface area contributed by atoms with Gasteiger partial charge < -0.3 is 4.74 Å². The average molecular weight is 257 g/mol. The Morgan fingerprint density at radius 2 is 2.00 bits per heavy atom. The molecule has 2 aromatic carbocycles. The van der Waals surface area contributed by atoms with Crippen LogP contribution >= 0.6 is 0 Å². The van der Waals surface area contributed by atoms with Gasteiger partial charge in [0.1, 0.15) is 12.0 Å². The van der Waals surface area contributed by atoms with E-state index in [1.165, 1.54) is 19.2 Å². The van der Waals surface area contributed by atoms with E-state index in [0.717, 1.165) is 11.8 Å². The second-order valence-electron chi connectivity index (χ2n) is 3.89. The van der Waals surface area contributed by atoms with Crippen LogP contribution in [0.3, 0.4) is 0 Å². The van der Waals surface area contributed by atoms with Crippen molar-refractivity contribution < 1.29 is 14.5 Å². The third-order valence-electron chi connectivity index (χ3n) is 2.73. The van der Waals surface area contributed by atoms with E-state index in [1.54, 1.807) is 24.3 Å². The molecule has 0 saturated carbocycles. The molecule has 96 valence electrons. The fourth-order valence-corrected chi connectivity index (χ4v) is 1.81. The first kappa shape index (κ1) is 12.8. The fourth-order valence-electron chi connectivity index (χ4n) is 1.81. The van der Waals surface area contributed by atoms with Crippen LogP contribution in [0.2, 0.25) is 0 Å². The van der Waals surface area contributed by atoms with Gasteiger partial charge >= 0.3 is 0 Å². The number of benzene rings is 2. The van der Waals surface area contributed by atoms with Gasteiger partial charge in [-0.3, -0.25) is 14.9 Å². The van der Waals surface area contributed by atoms with Crippen LogP contribution in [-0.4, -0.2) is 18.3 Å². The maximum atomic E-state index is 10.8. The Hall–Kier alpha value is -2.69. The molecule has 5 heteroatoms. The Bertz CT molecular complexity index is 637. The summed E-state index contributed by atoms with van der Waals surface area (Å²) in [6, 6.07) is 11.3. The standard InChI is InChI=1S/C14H11NO4/c1-19-14-8-12(15(17)18)5-6-13(14)11-4-2-3-10(7-11)9-16/h2-9H,1H3. The number of rotatable bonds is 4. The van der Waals surface area contributed by atoms with Gasteiger partial charge in [-0.05, 0) is 17.7 Å². The summed E-state index contributed by atoms with van der Waals surface area (Å²) in [5.74, 6) is 0.400. The Morgan fingerprint density at radius 3 is 2.63 bits per heavy atom. The zero-order chi connectivity index (χ0) is 13.8. The summed E-state index contributed by atoms with van der Waals surface area (Å²) in [5, 5.41) is 10.7. The van der Waals surface area contributed by atoms with Crippen LogP contribution in [0.25, 0.3) is 11.1 Å². The molecule has 0 aliphatic carbocycles. The Morgan fingerprint density at radius 1 is 1.21 bits per heavy atom. The van der Waals surface area contributed by atoms with Gasteiger partial charge in [-0.2, -0.15) is 0 Å². The third kappa shape index (κ3) is 2.60. The minimum atomic E-state index is -0.478. The van der Waals surface area contributed by atoms with Crippen molar-refractivity contribution in [2.75, 3.05) is 7.11 Å². The topological polar surface area (TPSA) is 69.4 Å². The first-order chi connectivity index (χ1) is 9.15. The first-order valence-corrected chi connectivity index (χ1v) is 5.53. The molecule has 0 unspecified atom stereocenters. The minimum Gasteiger partial charge on any atom is -0.496 e. The van der Waals surface area contributed by atoms with Gasteiger partial charge in [0.2, 0.25) is 0 Å². The largest absolute Gasteiger partial charge is 0.496 e. The number of aldehydes is 1. The van der Waals surface area contributed by atoms with Gasteiger partial charge in [-0.1, -0.05) is 18.2 Å². The van der Waals surface area contributed by atoms with E-state index >= 15 is 0 Å². The molecule has 5 nitrogen and oxygen atoms in total. The number of nitro benzene ring substituents is 1. The molecule has 2 rings (SSSR count). The van der Waals surface area contributed by atoms with Gasteiger partial charge in [-0.15, -0.1) is 0 Å². The van der Waals surface area contributed by atoms with Crippen LogP contribution in [0.5, 0.6) is 5.75 Å². The quantitative estimate of drug-likeness (QED) is 0.479. The molecule has 0 fully saturated rings. The van der Waals surface area contributed by atoms with E-state index in [4.69, 9.17) is 4.74 Å². The summed E-state index contributed by atoms with van der Waals surface area (Å²) in [6.45, 7) is 0. The SMILES string of the molecule is COc1cc([N+](=O)[O-])ccc1-c1cccc(C=O)c1. The van der Waals surface area contributed by atoms with Gasteiger partial charge in [0.15, 0.2) is 0 Å². The maximum absolute atomic E-state index is 10.8. The summed E-state index contributed by atoms with van der Waals surface area (Å²) in [4.78, 5) is 21.0. The number of carbonyl (C=O) groups excluding carboxylic acids is 1. The number of ether oxygens (including phenoxy) is 1. The van der Waals surface area contributed by atoms with Crippen LogP contribution in [0, 0.1) is 10.1 Å². The zero-order valence-corrected chi connectivity index (χ0v) is 10.2. The Kier molecular flexibility index (Phi) is 3.56. The molecule has 0 aromatic heterocycles. The molecule has 0 heterocycles. The van der Waals surface area contributed by atoms with Gasteiger partial charge in [0, 0.05) is 17.2 Å². The summed E-state index contributed by atoms with van der Waals surface area (Å²) in [7, 11) is 1.45. The van der Waals surface area contributed by atoms with E-state index in [-0.39, 0.29) is 5.69 Å². The van der Waals surface area contributed by atoms with Gasteiger partial charge in [0.05, 0.1) is 18.1 Å². The van der Waals surface area contributed by atoms with Crippen molar-refractivity contribution in [1.82, 2.24) is 0 Å². The lowest BCUT2D eigenvalue weighted by molar-refractivity contribution is -0.384. The smallest absolute Gasteiger partial charge is 0.273 e. The summed E-state index contributed by atoms with van der Waals surface area (Å²) >= 11 is 0. The summed E-state index contributed by atoms with van der Waals surface area (Å²) in [6.07, 6.45) is 0.751. The van der Waals surface area contributed by atoms with Crippen molar-refractivity contribution in [2.24, 2.45) is 0 Å². The lowest BCUT2D eigenvalue weighted by Gasteiger charge is -2.08. The summed E-state index contributed by atoms with van der Waals surface area (Å²) < 4.78 is 5.17. The van der Waals surface area contributed by atoms with Crippen molar-refractivity contribution in [2.45, 2.75) is 0 Å². The Balaban J connectivity index is 2.54. The van der Waals surface area contributed by atoms with E-state index in [2.05, 4.69) is 0 Å². The predicted molar refractivity (Wildman–Crippen MR) is 70.5 cm³/mol. The zero-order valence-electron chi connectivity index (χ0n) is 10.2. The Labute approximate surface area is 109 Å². The highest BCUT2D eigenvalue weighted by atomic mass is 16.6. The second kappa shape index (κ2) is 5.30. The molecule has 0 radical (unpaired) electrons. The fraction of sp³-hybridized carbons (Fsp3) is 0.0714.